The number of carbonyl (C=O) groups is 2. The van der Waals surface area contributed by atoms with Crippen LogP contribution in [-0.4, -0.2) is 36.5 Å². The van der Waals surface area contributed by atoms with Gasteiger partial charge in [0, 0.05) is 18.9 Å². The van der Waals surface area contributed by atoms with Crippen molar-refractivity contribution < 1.29 is 14.7 Å². The normalized spacial score (nSPS) is 13.6. The summed E-state index contributed by atoms with van der Waals surface area (Å²) in [7, 11) is 0. The Morgan fingerprint density at radius 1 is 1.36 bits per heavy atom. The number of aromatic nitrogens is 4. The van der Waals surface area contributed by atoms with Crippen molar-refractivity contribution in [1.29, 1.82) is 0 Å². The number of hydrogen-bond donors (Lipinski definition) is 2. The van der Waals surface area contributed by atoms with Gasteiger partial charge in [-0.15, -0.1) is 0 Å². The van der Waals surface area contributed by atoms with Gasteiger partial charge in [-0.1, -0.05) is 0 Å². The summed E-state index contributed by atoms with van der Waals surface area (Å²) < 4.78 is 2.96. The number of nitrogens with zero attached hydrogens (tertiary/aromatic N) is 4. The Labute approximate surface area is 127 Å². The molecular formula is C14H19N5O3. The molecule has 0 saturated carbocycles. The Hall–Kier alpha value is -2.64. The lowest BCUT2D eigenvalue weighted by Crippen LogP contribution is -2.31. The van der Waals surface area contributed by atoms with Crippen LogP contribution in [0.3, 0.4) is 0 Å². The third-order valence-corrected chi connectivity index (χ3v) is 3.40. The van der Waals surface area contributed by atoms with E-state index in [4.69, 9.17) is 5.11 Å². The van der Waals surface area contributed by atoms with Crippen molar-refractivity contribution in [3.05, 3.63) is 35.9 Å². The zero-order valence-corrected chi connectivity index (χ0v) is 12.7. The van der Waals surface area contributed by atoms with E-state index in [1.54, 1.807) is 4.68 Å². The molecule has 2 heterocycles. The average Bonchev–Trinajstić information content (AvgIpc) is 3.14. The van der Waals surface area contributed by atoms with E-state index >= 15 is 0 Å². The number of aryl methyl sites for hydroxylation is 1. The Morgan fingerprint density at radius 3 is 2.68 bits per heavy atom. The van der Waals surface area contributed by atoms with Crippen LogP contribution in [0.1, 0.15) is 49.0 Å². The second-order valence-electron chi connectivity index (χ2n) is 4.97. The van der Waals surface area contributed by atoms with Gasteiger partial charge in [-0.05, 0) is 32.9 Å². The van der Waals surface area contributed by atoms with E-state index in [-0.39, 0.29) is 17.6 Å². The van der Waals surface area contributed by atoms with Gasteiger partial charge in [0.1, 0.15) is 11.7 Å². The first-order valence-corrected chi connectivity index (χ1v) is 7.04. The highest BCUT2D eigenvalue weighted by atomic mass is 16.4. The first-order valence-electron chi connectivity index (χ1n) is 7.04. The van der Waals surface area contributed by atoms with Crippen LogP contribution in [0.5, 0.6) is 0 Å². The highest BCUT2D eigenvalue weighted by molar-refractivity contribution is 5.93. The third-order valence-electron chi connectivity index (χ3n) is 3.40. The fourth-order valence-corrected chi connectivity index (χ4v) is 2.04. The van der Waals surface area contributed by atoms with Gasteiger partial charge in [-0.2, -0.15) is 10.2 Å². The van der Waals surface area contributed by atoms with Crippen LogP contribution in [0.2, 0.25) is 0 Å². The number of carboxylic acid groups (broad SMARTS) is 1. The Morgan fingerprint density at radius 2 is 2.09 bits per heavy atom. The molecule has 0 aliphatic carbocycles. The van der Waals surface area contributed by atoms with E-state index < -0.39 is 12.0 Å². The molecule has 0 spiro atoms. The Bertz CT molecular complexity index is 676. The van der Waals surface area contributed by atoms with Crippen LogP contribution in [0.25, 0.3) is 0 Å². The number of amides is 1. The van der Waals surface area contributed by atoms with Crippen molar-refractivity contribution in [2.24, 2.45) is 0 Å². The molecule has 118 valence electrons. The molecule has 2 unspecified atom stereocenters. The summed E-state index contributed by atoms with van der Waals surface area (Å²) >= 11 is 0. The van der Waals surface area contributed by atoms with Crippen LogP contribution < -0.4 is 5.32 Å². The highest BCUT2D eigenvalue weighted by Crippen LogP contribution is 2.13. The lowest BCUT2D eigenvalue weighted by atomic mass is 10.2. The summed E-state index contributed by atoms with van der Waals surface area (Å²) in [4.78, 5) is 23.4. The molecule has 0 fully saturated rings. The quantitative estimate of drug-likeness (QED) is 0.836. The standard InChI is InChI=1S/C14H19N5O3/c1-4-18-8-6-11(17-18)9(2)16-13(20)12-5-7-15-19(12)10(3)14(21)22/h5-10H,4H2,1-3H3,(H,16,20)(H,21,22). The van der Waals surface area contributed by atoms with Gasteiger partial charge >= 0.3 is 5.97 Å². The SMILES string of the molecule is CCn1ccc(C(C)NC(=O)c2ccnn2C(C)C(=O)O)n1. The zero-order chi connectivity index (χ0) is 16.3. The molecule has 22 heavy (non-hydrogen) atoms. The van der Waals surface area contributed by atoms with Gasteiger partial charge in [0.15, 0.2) is 0 Å². The van der Waals surface area contributed by atoms with Crippen molar-refractivity contribution in [2.75, 3.05) is 0 Å². The zero-order valence-electron chi connectivity index (χ0n) is 12.7. The van der Waals surface area contributed by atoms with Crippen LogP contribution >= 0.6 is 0 Å². The fraction of sp³-hybridized carbons (Fsp3) is 0.429. The van der Waals surface area contributed by atoms with Crippen LogP contribution in [0.15, 0.2) is 24.5 Å². The molecule has 8 nitrogen and oxygen atoms in total. The summed E-state index contributed by atoms with van der Waals surface area (Å²) in [5.41, 5.74) is 0.948. The Balaban J connectivity index is 2.12. The molecule has 8 heteroatoms. The number of carboxylic acids is 1. The van der Waals surface area contributed by atoms with Crippen molar-refractivity contribution in [3.8, 4) is 0 Å². The largest absolute Gasteiger partial charge is 0.480 e. The second-order valence-corrected chi connectivity index (χ2v) is 4.97. The van der Waals surface area contributed by atoms with E-state index in [2.05, 4.69) is 15.5 Å². The summed E-state index contributed by atoms with van der Waals surface area (Å²) in [5, 5.41) is 20.1. The third kappa shape index (κ3) is 3.16. The Kier molecular flexibility index (Phi) is 4.59. The fourth-order valence-electron chi connectivity index (χ4n) is 2.04. The van der Waals surface area contributed by atoms with Gasteiger partial charge in [-0.3, -0.25) is 9.48 Å². The number of hydrogen-bond acceptors (Lipinski definition) is 4. The number of aliphatic carboxylic acids is 1. The maximum atomic E-state index is 12.3. The molecule has 1 amide bonds. The minimum atomic E-state index is -1.05. The first kappa shape index (κ1) is 15.7. The second kappa shape index (κ2) is 6.42. The predicted molar refractivity (Wildman–Crippen MR) is 78.4 cm³/mol. The molecule has 2 atom stereocenters. The first-order chi connectivity index (χ1) is 10.4. The van der Waals surface area contributed by atoms with Crippen LogP contribution in [-0.2, 0) is 11.3 Å². The molecule has 2 aromatic rings. The molecule has 0 saturated heterocycles. The average molecular weight is 305 g/mol. The van der Waals surface area contributed by atoms with Crippen molar-refractivity contribution >= 4 is 11.9 Å². The van der Waals surface area contributed by atoms with E-state index in [0.717, 1.165) is 12.2 Å². The molecule has 0 aliphatic heterocycles. The minimum absolute atomic E-state index is 0.205. The van der Waals surface area contributed by atoms with E-state index in [9.17, 15) is 9.59 Å². The van der Waals surface area contributed by atoms with E-state index in [1.165, 1.54) is 23.9 Å². The van der Waals surface area contributed by atoms with Crippen molar-refractivity contribution in [1.82, 2.24) is 24.9 Å². The molecule has 2 aromatic heterocycles. The van der Waals surface area contributed by atoms with Crippen LogP contribution in [0.4, 0.5) is 0 Å². The van der Waals surface area contributed by atoms with Gasteiger partial charge in [0.05, 0.1) is 11.7 Å². The lowest BCUT2D eigenvalue weighted by Gasteiger charge is -2.14. The monoisotopic (exact) mass is 305 g/mol. The number of rotatable bonds is 6. The number of nitrogens with one attached hydrogen (secondary N) is 1. The highest BCUT2D eigenvalue weighted by Gasteiger charge is 2.22. The van der Waals surface area contributed by atoms with Crippen LogP contribution in [0, 0.1) is 0 Å². The molecule has 0 aromatic carbocycles. The van der Waals surface area contributed by atoms with E-state index in [0.29, 0.717) is 0 Å². The minimum Gasteiger partial charge on any atom is -0.480 e. The predicted octanol–water partition coefficient (Wildman–Crippen LogP) is 1.24. The molecule has 2 N–H and O–H groups in total. The van der Waals surface area contributed by atoms with Gasteiger partial charge in [0.2, 0.25) is 0 Å². The summed E-state index contributed by atoms with van der Waals surface area (Å²) in [5.74, 6) is -1.43. The lowest BCUT2D eigenvalue weighted by molar-refractivity contribution is -0.140. The maximum Gasteiger partial charge on any atom is 0.328 e. The molecule has 2 rings (SSSR count). The summed E-state index contributed by atoms with van der Waals surface area (Å²) in [6.07, 6.45) is 3.25. The number of carbonyl (C=O) groups excluding carboxylic acids is 1. The van der Waals surface area contributed by atoms with E-state index in [1.807, 2.05) is 26.1 Å². The smallest absolute Gasteiger partial charge is 0.328 e. The molecule has 0 aliphatic rings. The molecule has 0 radical (unpaired) electrons. The van der Waals surface area contributed by atoms with Gasteiger partial charge in [-0.25, -0.2) is 9.48 Å². The summed E-state index contributed by atoms with van der Waals surface area (Å²) in [6.45, 7) is 6.02. The molecule has 0 bridgehead atoms. The topological polar surface area (TPSA) is 102 Å². The van der Waals surface area contributed by atoms with Crippen molar-refractivity contribution in [2.45, 2.75) is 39.4 Å². The summed E-state index contributed by atoms with van der Waals surface area (Å²) in [6, 6.07) is 2.13. The van der Waals surface area contributed by atoms with Gasteiger partial charge < -0.3 is 10.4 Å². The molecular weight excluding hydrogens is 286 g/mol. The van der Waals surface area contributed by atoms with Gasteiger partial charge in [0.25, 0.3) is 5.91 Å². The van der Waals surface area contributed by atoms with Crippen molar-refractivity contribution in [3.63, 3.8) is 0 Å². The maximum absolute atomic E-state index is 12.3.